The quantitative estimate of drug-likeness (QED) is 0.353. The molecule has 0 saturated carbocycles. The third-order valence-corrected chi connectivity index (χ3v) is 4.76. The summed E-state index contributed by atoms with van der Waals surface area (Å²) in [5.41, 5.74) is 2.52. The topological polar surface area (TPSA) is 68.3 Å². The zero-order chi connectivity index (χ0) is 20.9. The molecule has 0 radical (unpaired) electrons. The lowest BCUT2D eigenvalue weighted by Crippen LogP contribution is -2.20. The Morgan fingerprint density at radius 2 is 1.67 bits per heavy atom. The SMILES string of the molecule is CN(C)/C=N/c1c2c(=O)n(Cc3ccccc3)cnc2nn1CCc1ccccc1. The number of hydrogen-bond acceptors (Lipinski definition) is 4. The molecule has 0 aliphatic heterocycles. The van der Waals surface area contributed by atoms with E-state index >= 15 is 0 Å². The molecule has 2 heterocycles. The van der Waals surface area contributed by atoms with Gasteiger partial charge in [-0.1, -0.05) is 60.7 Å². The molecule has 0 bridgehead atoms. The normalized spacial score (nSPS) is 11.4. The minimum atomic E-state index is -0.138. The highest BCUT2D eigenvalue weighted by molar-refractivity contribution is 5.86. The van der Waals surface area contributed by atoms with E-state index in [4.69, 9.17) is 0 Å². The van der Waals surface area contributed by atoms with Crippen molar-refractivity contribution in [3.05, 3.63) is 88.5 Å². The van der Waals surface area contributed by atoms with Crippen LogP contribution in [0.25, 0.3) is 11.0 Å². The maximum absolute atomic E-state index is 13.3. The second kappa shape index (κ2) is 8.73. The van der Waals surface area contributed by atoms with Crippen LogP contribution < -0.4 is 5.56 Å². The van der Waals surface area contributed by atoms with Crippen LogP contribution in [0.2, 0.25) is 0 Å². The summed E-state index contributed by atoms with van der Waals surface area (Å²) in [5.74, 6) is 0.537. The highest BCUT2D eigenvalue weighted by Gasteiger charge is 2.17. The summed E-state index contributed by atoms with van der Waals surface area (Å²) in [6.45, 7) is 1.06. The molecule has 7 heteroatoms. The van der Waals surface area contributed by atoms with Gasteiger partial charge in [-0.15, -0.1) is 0 Å². The maximum atomic E-state index is 13.3. The Hall–Kier alpha value is -3.74. The van der Waals surface area contributed by atoms with Crippen molar-refractivity contribution < 1.29 is 0 Å². The molecule has 0 amide bonds. The molecule has 0 atom stereocenters. The van der Waals surface area contributed by atoms with Crippen LogP contribution in [0.5, 0.6) is 0 Å². The van der Waals surface area contributed by atoms with Gasteiger partial charge in [-0.05, 0) is 17.5 Å². The predicted octanol–water partition coefficient (Wildman–Crippen LogP) is 3.11. The standard InChI is InChI=1S/C23H24N6O/c1-27(2)16-25-22-20-21(26-29(22)14-13-18-9-5-3-6-10-18)24-17-28(23(20)30)15-19-11-7-4-8-12-19/h3-12,16-17H,13-15H2,1-2H3/b25-16+. The molecular formula is C23H24N6O. The van der Waals surface area contributed by atoms with Gasteiger partial charge >= 0.3 is 0 Å². The molecule has 0 aliphatic rings. The van der Waals surface area contributed by atoms with Gasteiger partial charge in [0, 0.05) is 20.6 Å². The summed E-state index contributed by atoms with van der Waals surface area (Å²) in [6.07, 6.45) is 4.03. The first-order valence-corrected chi connectivity index (χ1v) is 9.86. The van der Waals surface area contributed by atoms with Gasteiger partial charge in [0.05, 0.1) is 12.9 Å². The van der Waals surface area contributed by atoms with Gasteiger partial charge < -0.3 is 4.90 Å². The van der Waals surface area contributed by atoms with Gasteiger partial charge in [0.2, 0.25) is 0 Å². The van der Waals surface area contributed by atoms with Gasteiger partial charge in [-0.3, -0.25) is 9.36 Å². The fourth-order valence-corrected chi connectivity index (χ4v) is 3.27. The van der Waals surface area contributed by atoms with Crippen LogP contribution in [-0.2, 0) is 19.5 Å². The molecule has 0 aliphatic carbocycles. The summed E-state index contributed by atoms with van der Waals surface area (Å²) in [6, 6.07) is 20.1. The van der Waals surface area contributed by atoms with E-state index in [1.54, 1.807) is 21.9 Å². The molecule has 2 aromatic carbocycles. The van der Waals surface area contributed by atoms with E-state index in [9.17, 15) is 4.79 Å². The first-order valence-electron chi connectivity index (χ1n) is 9.86. The van der Waals surface area contributed by atoms with Gasteiger partial charge in [-0.25, -0.2) is 14.7 Å². The molecule has 0 N–H and O–H groups in total. The molecular weight excluding hydrogens is 376 g/mol. The summed E-state index contributed by atoms with van der Waals surface area (Å²) in [4.78, 5) is 24.1. The highest BCUT2D eigenvalue weighted by Crippen LogP contribution is 2.22. The predicted molar refractivity (Wildman–Crippen MR) is 119 cm³/mol. The fraction of sp³-hybridized carbons (Fsp3) is 0.217. The lowest BCUT2D eigenvalue weighted by Gasteiger charge is -2.07. The van der Waals surface area contributed by atoms with E-state index in [2.05, 4.69) is 27.2 Å². The molecule has 0 spiro atoms. The minimum Gasteiger partial charge on any atom is -0.369 e. The van der Waals surface area contributed by atoms with Crippen molar-refractivity contribution in [2.45, 2.75) is 19.5 Å². The first-order chi connectivity index (χ1) is 14.6. The molecule has 7 nitrogen and oxygen atoms in total. The van der Waals surface area contributed by atoms with Crippen molar-refractivity contribution in [1.82, 2.24) is 24.2 Å². The van der Waals surface area contributed by atoms with Crippen molar-refractivity contribution in [2.75, 3.05) is 14.1 Å². The van der Waals surface area contributed by atoms with Crippen LogP contribution in [0.1, 0.15) is 11.1 Å². The third kappa shape index (κ3) is 4.30. The van der Waals surface area contributed by atoms with Gasteiger partial charge in [0.1, 0.15) is 11.7 Å². The van der Waals surface area contributed by atoms with Crippen molar-refractivity contribution in [3.8, 4) is 0 Å². The van der Waals surface area contributed by atoms with Crippen LogP contribution in [0.4, 0.5) is 5.82 Å². The Morgan fingerprint density at radius 1 is 1.00 bits per heavy atom. The Labute approximate surface area is 174 Å². The zero-order valence-corrected chi connectivity index (χ0v) is 17.1. The molecule has 0 saturated heterocycles. The molecule has 0 unspecified atom stereocenters. The van der Waals surface area contributed by atoms with E-state index in [0.717, 1.165) is 12.0 Å². The van der Waals surface area contributed by atoms with Crippen LogP contribution in [0.15, 0.2) is 76.8 Å². The van der Waals surface area contributed by atoms with Crippen molar-refractivity contribution in [3.63, 3.8) is 0 Å². The average Bonchev–Trinajstić information content (AvgIpc) is 3.12. The third-order valence-electron chi connectivity index (χ3n) is 4.76. The fourth-order valence-electron chi connectivity index (χ4n) is 3.27. The first kappa shape index (κ1) is 19.6. The van der Waals surface area contributed by atoms with E-state index in [1.807, 2.05) is 67.5 Å². The molecule has 4 aromatic rings. The smallest absolute Gasteiger partial charge is 0.267 e. The second-order valence-electron chi connectivity index (χ2n) is 7.35. The Morgan fingerprint density at radius 3 is 2.33 bits per heavy atom. The number of hydrogen-bond donors (Lipinski definition) is 0. The number of nitrogens with zero attached hydrogens (tertiary/aromatic N) is 6. The number of aromatic nitrogens is 4. The minimum absolute atomic E-state index is 0.138. The van der Waals surface area contributed by atoms with Crippen molar-refractivity contribution in [1.29, 1.82) is 0 Å². The maximum Gasteiger partial charge on any atom is 0.267 e. The second-order valence-corrected chi connectivity index (χ2v) is 7.35. The Bertz CT molecular complexity index is 1210. The summed E-state index contributed by atoms with van der Waals surface area (Å²) in [5, 5.41) is 5.02. The lowest BCUT2D eigenvalue weighted by molar-refractivity contribution is 0.617. The lowest BCUT2D eigenvalue weighted by atomic mass is 10.1. The molecule has 0 fully saturated rings. The van der Waals surface area contributed by atoms with Crippen LogP contribution >= 0.6 is 0 Å². The summed E-state index contributed by atoms with van der Waals surface area (Å²) < 4.78 is 3.38. The van der Waals surface area contributed by atoms with Crippen molar-refractivity contribution in [2.24, 2.45) is 4.99 Å². The molecule has 30 heavy (non-hydrogen) atoms. The van der Waals surface area contributed by atoms with Crippen LogP contribution in [-0.4, -0.2) is 44.7 Å². The van der Waals surface area contributed by atoms with E-state index < -0.39 is 0 Å². The number of fused-ring (bicyclic) bond motifs is 1. The Balaban J connectivity index is 1.75. The molecule has 152 valence electrons. The van der Waals surface area contributed by atoms with Crippen LogP contribution in [0, 0.1) is 0 Å². The van der Waals surface area contributed by atoms with E-state index in [-0.39, 0.29) is 5.56 Å². The largest absolute Gasteiger partial charge is 0.369 e. The number of aliphatic imine (C=N–C) groups is 1. The average molecular weight is 400 g/mol. The number of benzene rings is 2. The number of aryl methyl sites for hydroxylation is 2. The van der Waals surface area contributed by atoms with Crippen molar-refractivity contribution >= 4 is 23.2 Å². The van der Waals surface area contributed by atoms with Gasteiger partial charge in [-0.2, -0.15) is 5.10 Å². The molecule has 4 rings (SSSR count). The number of rotatable bonds is 7. The Kier molecular flexibility index (Phi) is 5.70. The van der Waals surface area contributed by atoms with Gasteiger partial charge in [0.25, 0.3) is 5.56 Å². The monoisotopic (exact) mass is 400 g/mol. The highest BCUT2D eigenvalue weighted by atomic mass is 16.1. The van der Waals surface area contributed by atoms with Crippen LogP contribution in [0.3, 0.4) is 0 Å². The zero-order valence-electron chi connectivity index (χ0n) is 17.1. The van der Waals surface area contributed by atoms with E-state index in [1.165, 1.54) is 5.56 Å². The van der Waals surface area contributed by atoms with Gasteiger partial charge in [0.15, 0.2) is 11.5 Å². The molecule has 2 aromatic heterocycles. The van der Waals surface area contributed by atoms with E-state index in [0.29, 0.717) is 29.9 Å². The summed E-state index contributed by atoms with van der Waals surface area (Å²) in [7, 11) is 3.78. The summed E-state index contributed by atoms with van der Waals surface area (Å²) >= 11 is 0.